The molecule has 18 heavy (non-hydrogen) atoms. The summed E-state index contributed by atoms with van der Waals surface area (Å²) in [5, 5.41) is 18.2. The molecule has 0 amide bonds. The third-order valence-electron chi connectivity index (χ3n) is 3.83. The minimum Gasteiger partial charge on any atom is -0.490 e. The van der Waals surface area contributed by atoms with Gasteiger partial charge in [0.2, 0.25) is 0 Å². The van der Waals surface area contributed by atoms with Crippen molar-refractivity contribution in [2.24, 2.45) is 5.92 Å². The number of rotatable bonds is 4. The summed E-state index contributed by atoms with van der Waals surface area (Å²) in [5.74, 6) is 1.59. The molecule has 0 aromatic heterocycles. The van der Waals surface area contributed by atoms with Crippen LogP contribution < -0.4 is 10.2 Å². The normalized spacial score (nSPS) is 23.7. The van der Waals surface area contributed by atoms with Crippen molar-refractivity contribution in [3.8, 4) is 5.75 Å². The molecule has 1 aliphatic carbocycles. The predicted octanol–water partition coefficient (Wildman–Crippen LogP) is 1.71. The maximum absolute atomic E-state index is 9.12. The summed E-state index contributed by atoms with van der Waals surface area (Å²) in [6.45, 7) is 2.25. The Hall–Kier alpha value is -0.995. The highest BCUT2D eigenvalue weighted by Crippen LogP contribution is 2.29. The van der Waals surface area contributed by atoms with E-state index in [9.17, 15) is 0 Å². The van der Waals surface area contributed by atoms with Gasteiger partial charge in [-0.05, 0) is 49.2 Å². The Bertz CT molecular complexity index is 373. The van der Waals surface area contributed by atoms with E-state index < -0.39 is 7.12 Å². The van der Waals surface area contributed by atoms with E-state index in [4.69, 9.17) is 14.8 Å². The van der Waals surface area contributed by atoms with Crippen molar-refractivity contribution in [2.75, 3.05) is 0 Å². The van der Waals surface area contributed by atoms with Crippen molar-refractivity contribution < 1.29 is 14.8 Å². The molecule has 1 aliphatic rings. The molecule has 3 nitrogen and oxygen atoms in total. The molecule has 4 heteroatoms. The molecule has 0 radical (unpaired) electrons. The lowest BCUT2D eigenvalue weighted by Gasteiger charge is -2.28. The first-order chi connectivity index (χ1) is 8.69. The van der Waals surface area contributed by atoms with Gasteiger partial charge in [-0.1, -0.05) is 25.5 Å². The lowest BCUT2D eigenvalue weighted by molar-refractivity contribution is 0.130. The van der Waals surface area contributed by atoms with Gasteiger partial charge in [-0.2, -0.15) is 0 Å². The molecular weight excluding hydrogens is 227 g/mol. The Morgan fingerprint density at radius 2 is 1.94 bits per heavy atom. The van der Waals surface area contributed by atoms with E-state index in [-0.39, 0.29) is 6.10 Å². The summed E-state index contributed by atoms with van der Waals surface area (Å²) in [7, 11) is -1.43. The molecule has 2 rings (SSSR count). The Kier molecular flexibility index (Phi) is 4.67. The van der Waals surface area contributed by atoms with Crippen LogP contribution in [-0.2, 0) is 0 Å². The Morgan fingerprint density at radius 1 is 1.22 bits per heavy atom. The van der Waals surface area contributed by atoms with Crippen LogP contribution in [0.25, 0.3) is 0 Å². The van der Waals surface area contributed by atoms with Crippen LogP contribution in [0.5, 0.6) is 5.75 Å². The van der Waals surface area contributed by atoms with E-state index in [1.165, 1.54) is 19.3 Å². The maximum atomic E-state index is 9.12. The van der Waals surface area contributed by atoms with Crippen molar-refractivity contribution in [3.05, 3.63) is 24.3 Å². The number of ether oxygens (including phenoxy) is 1. The van der Waals surface area contributed by atoms with Crippen molar-refractivity contribution in [3.63, 3.8) is 0 Å². The fourth-order valence-electron chi connectivity index (χ4n) is 2.60. The summed E-state index contributed by atoms with van der Waals surface area (Å²) < 4.78 is 5.92. The first-order valence-corrected chi connectivity index (χ1v) is 6.81. The van der Waals surface area contributed by atoms with Crippen LogP contribution in [0, 0.1) is 5.92 Å². The summed E-state index contributed by atoms with van der Waals surface area (Å²) in [4.78, 5) is 0. The molecule has 0 heterocycles. The van der Waals surface area contributed by atoms with Gasteiger partial charge in [0.25, 0.3) is 0 Å². The summed E-state index contributed by atoms with van der Waals surface area (Å²) in [5.41, 5.74) is 0.481. The molecule has 1 fully saturated rings. The zero-order valence-corrected chi connectivity index (χ0v) is 10.9. The predicted molar refractivity (Wildman–Crippen MR) is 72.9 cm³/mol. The Labute approximate surface area is 109 Å². The fraction of sp³-hybridized carbons (Fsp3) is 0.571. The molecular formula is C14H21BO3. The van der Waals surface area contributed by atoms with Crippen LogP contribution in [0.15, 0.2) is 24.3 Å². The molecule has 1 aromatic rings. The first-order valence-electron chi connectivity index (χ1n) is 6.81. The van der Waals surface area contributed by atoms with Gasteiger partial charge >= 0.3 is 7.12 Å². The van der Waals surface area contributed by atoms with E-state index >= 15 is 0 Å². The van der Waals surface area contributed by atoms with Gasteiger partial charge in [-0.25, -0.2) is 0 Å². The van der Waals surface area contributed by atoms with Crippen LogP contribution >= 0.6 is 0 Å². The van der Waals surface area contributed by atoms with Crippen molar-refractivity contribution in [1.82, 2.24) is 0 Å². The van der Waals surface area contributed by atoms with E-state index in [1.807, 2.05) is 6.07 Å². The van der Waals surface area contributed by atoms with E-state index in [2.05, 4.69) is 6.92 Å². The quantitative estimate of drug-likeness (QED) is 0.797. The molecule has 0 atom stereocenters. The highest BCUT2D eigenvalue weighted by atomic mass is 16.5. The highest BCUT2D eigenvalue weighted by Gasteiger charge is 2.21. The van der Waals surface area contributed by atoms with Crippen molar-refractivity contribution >= 4 is 12.6 Å². The Morgan fingerprint density at radius 3 is 2.56 bits per heavy atom. The lowest BCUT2D eigenvalue weighted by atomic mass is 9.80. The highest BCUT2D eigenvalue weighted by molar-refractivity contribution is 6.58. The maximum Gasteiger partial charge on any atom is 0.488 e. The third kappa shape index (κ3) is 3.50. The van der Waals surface area contributed by atoms with E-state index in [1.54, 1.807) is 18.2 Å². The molecule has 0 bridgehead atoms. The van der Waals surface area contributed by atoms with Crippen molar-refractivity contribution in [2.45, 2.75) is 45.1 Å². The average Bonchev–Trinajstić information content (AvgIpc) is 2.40. The van der Waals surface area contributed by atoms with Crippen LogP contribution in [0.2, 0.25) is 0 Å². The molecule has 0 unspecified atom stereocenters. The lowest BCUT2D eigenvalue weighted by Crippen LogP contribution is -2.30. The second-order valence-electron chi connectivity index (χ2n) is 5.11. The van der Waals surface area contributed by atoms with Crippen LogP contribution in [0.1, 0.15) is 39.0 Å². The van der Waals surface area contributed by atoms with E-state index in [0.29, 0.717) is 5.46 Å². The topological polar surface area (TPSA) is 49.7 Å². The second kappa shape index (κ2) is 6.25. The van der Waals surface area contributed by atoms with Crippen LogP contribution in [-0.4, -0.2) is 23.3 Å². The summed E-state index contributed by atoms with van der Waals surface area (Å²) in [6.07, 6.45) is 6.22. The van der Waals surface area contributed by atoms with Crippen LogP contribution in [0.4, 0.5) is 0 Å². The monoisotopic (exact) mass is 248 g/mol. The molecule has 1 aromatic carbocycles. The number of benzene rings is 1. The number of hydrogen-bond donors (Lipinski definition) is 2. The smallest absolute Gasteiger partial charge is 0.488 e. The summed E-state index contributed by atoms with van der Waals surface area (Å²) in [6, 6.07) is 7.06. The molecule has 1 saturated carbocycles. The Balaban J connectivity index is 1.92. The van der Waals surface area contributed by atoms with Crippen molar-refractivity contribution in [1.29, 1.82) is 0 Å². The van der Waals surface area contributed by atoms with E-state index in [0.717, 1.165) is 24.5 Å². The third-order valence-corrected chi connectivity index (χ3v) is 3.83. The minimum absolute atomic E-state index is 0.277. The first kappa shape index (κ1) is 13.4. The van der Waals surface area contributed by atoms with Gasteiger partial charge in [0.05, 0.1) is 6.10 Å². The molecule has 0 saturated heterocycles. The second-order valence-corrected chi connectivity index (χ2v) is 5.11. The van der Waals surface area contributed by atoms with Gasteiger partial charge < -0.3 is 14.8 Å². The van der Waals surface area contributed by atoms with Crippen LogP contribution in [0.3, 0.4) is 0 Å². The molecule has 2 N–H and O–H groups in total. The minimum atomic E-state index is -1.43. The summed E-state index contributed by atoms with van der Waals surface area (Å²) >= 11 is 0. The SMILES string of the molecule is CCC1CCC(Oc2cccc(B(O)O)c2)CC1. The van der Waals surface area contributed by atoms with Gasteiger partial charge in [-0.15, -0.1) is 0 Å². The molecule has 0 aliphatic heterocycles. The van der Waals surface area contributed by atoms with Gasteiger partial charge in [-0.3, -0.25) is 0 Å². The zero-order chi connectivity index (χ0) is 13.0. The standard InChI is InChI=1S/C14H21BO3/c1-2-11-6-8-13(9-7-11)18-14-5-3-4-12(10-14)15(16)17/h3-5,10-11,13,16-17H,2,6-9H2,1H3. The molecule has 0 spiro atoms. The molecule has 98 valence electrons. The number of hydrogen-bond acceptors (Lipinski definition) is 3. The largest absolute Gasteiger partial charge is 0.490 e. The average molecular weight is 248 g/mol. The fourth-order valence-corrected chi connectivity index (χ4v) is 2.60. The van der Waals surface area contributed by atoms with Gasteiger partial charge in [0, 0.05) is 0 Å². The van der Waals surface area contributed by atoms with Gasteiger partial charge in [0.15, 0.2) is 0 Å². The van der Waals surface area contributed by atoms with Gasteiger partial charge in [0.1, 0.15) is 5.75 Å². The zero-order valence-electron chi connectivity index (χ0n) is 10.9.